The summed E-state index contributed by atoms with van der Waals surface area (Å²) in [7, 11) is -4.69. The van der Waals surface area contributed by atoms with Crippen molar-refractivity contribution in [3.05, 3.63) is 0 Å². The van der Waals surface area contributed by atoms with Crippen LogP contribution in [-0.2, 0) is 4.79 Å². The number of halogens is 1. The highest BCUT2D eigenvalue weighted by atomic mass is 35.7. The SMILES string of the molecule is O=C1CCCC2C3CC(CN12)C1CCCCN1C3.[O-][Cl+3]([O-])([O-])O. The lowest BCUT2D eigenvalue weighted by atomic mass is 9.71. The maximum Gasteiger partial charge on any atom is 0.222 e. The van der Waals surface area contributed by atoms with E-state index in [4.69, 9.17) is 18.6 Å². The van der Waals surface area contributed by atoms with Crippen molar-refractivity contribution in [1.29, 1.82) is 0 Å². The van der Waals surface area contributed by atoms with E-state index in [0.717, 1.165) is 37.3 Å². The lowest BCUT2D eigenvalue weighted by Crippen LogP contribution is -2.64. The summed E-state index contributed by atoms with van der Waals surface area (Å²) in [6.07, 6.45) is 8.78. The van der Waals surface area contributed by atoms with Gasteiger partial charge in [-0.15, -0.1) is 0 Å². The molecule has 4 fully saturated rings. The van der Waals surface area contributed by atoms with Crippen LogP contribution in [0.1, 0.15) is 44.9 Å². The molecule has 4 unspecified atom stereocenters. The minimum absolute atomic E-state index is 0.449. The molecule has 0 aromatic heterocycles. The van der Waals surface area contributed by atoms with Gasteiger partial charge < -0.3 is 4.90 Å². The number of hydrogen-bond donors (Lipinski definition) is 1. The molecule has 1 amide bonds. The van der Waals surface area contributed by atoms with Crippen LogP contribution in [0.3, 0.4) is 0 Å². The molecular formula is C15H25ClN2O5. The number of hydrogen-bond acceptors (Lipinski definition) is 6. The van der Waals surface area contributed by atoms with Crippen molar-refractivity contribution in [1.82, 2.24) is 9.80 Å². The molecule has 4 aliphatic heterocycles. The molecule has 23 heavy (non-hydrogen) atoms. The van der Waals surface area contributed by atoms with Crippen LogP contribution < -0.4 is 14.0 Å². The van der Waals surface area contributed by atoms with Crippen molar-refractivity contribution in [2.75, 3.05) is 19.6 Å². The summed E-state index contributed by atoms with van der Waals surface area (Å²) in [5, 5.41) is 0. The zero-order chi connectivity index (χ0) is 16.6. The monoisotopic (exact) mass is 348 g/mol. The Morgan fingerprint density at radius 3 is 2.39 bits per heavy atom. The summed E-state index contributed by atoms with van der Waals surface area (Å²) >= 11 is 0. The van der Waals surface area contributed by atoms with Gasteiger partial charge in [-0.2, -0.15) is 14.0 Å². The molecule has 2 bridgehead atoms. The van der Waals surface area contributed by atoms with Gasteiger partial charge in [0.15, 0.2) is 0 Å². The summed E-state index contributed by atoms with van der Waals surface area (Å²) in [5.41, 5.74) is 0. The molecule has 0 saturated carbocycles. The molecule has 1 N–H and O–H groups in total. The van der Waals surface area contributed by atoms with Crippen molar-refractivity contribution in [3.8, 4) is 0 Å². The number of rotatable bonds is 0. The Hall–Kier alpha value is -0.440. The van der Waals surface area contributed by atoms with E-state index in [1.165, 1.54) is 45.2 Å². The number of piperidine rings is 4. The smallest absolute Gasteiger partial charge is 0.222 e. The van der Waals surface area contributed by atoms with Gasteiger partial charge in [0.05, 0.1) is 14.9 Å². The average Bonchev–Trinajstić information content (AvgIpc) is 2.47. The third-order valence-electron chi connectivity index (χ3n) is 5.87. The first kappa shape index (κ1) is 17.4. The van der Waals surface area contributed by atoms with E-state index < -0.39 is 10.2 Å². The van der Waals surface area contributed by atoms with Crippen LogP contribution in [0.5, 0.6) is 0 Å². The first-order chi connectivity index (χ1) is 10.8. The van der Waals surface area contributed by atoms with Crippen LogP contribution in [0, 0.1) is 22.1 Å². The zero-order valence-electron chi connectivity index (χ0n) is 13.2. The largest absolute Gasteiger partial charge is 0.339 e. The summed E-state index contributed by atoms with van der Waals surface area (Å²) < 4.78 is 32.7. The third-order valence-corrected chi connectivity index (χ3v) is 5.87. The van der Waals surface area contributed by atoms with Gasteiger partial charge >= 0.3 is 0 Å². The highest BCUT2D eigenvalue weighted by Gasteiger charge is 2.47. The van der Waals surface area contributed by atoms with Crippen molar-refractivity contribution in [3.63, 3.8) is 0 Å². The molecule has 0 spiro atoms. The van der Waals surface area contributed by atoms with Crippen molar-refractivity contribution in [2.45, 2.75) is 57.0 Å². The molecule has 0 aliphatic carbocycles. The van der Waals surface area contributed by atoms with Gasteiger partial charge in [-0.05, 0) is 50.5 Å². The van der Waals surface area contributed by atoms with Gasteiger partial charge in [-0.1, -0.05) is 6.42 Å². The summed E-state index contributed by atoms with van der Waals surface area (Å²) in [5.74, 6) is 2.01. The minimum Gasteiger partial charge on any atom is -0.339 e. The van der Waals surface area contributed by atoms with E-state index in [1.807, 2.05) is 0 Å². The second-order valence-electron chi connectivity index (χ2n) is 7.22. The standard InChI is InChI=1S/C15H24N2O.ClHO4/c18-15-6-3-5-14-11-8-12(10-17(14)15)13-4-1-2-7-16(13)9-11;2-1(3,4)5/h11-14H,1-10H2;(H,2,3,4,5). The fraction of sp³-hybridized carbons (Fsp3) is 0.933. The van der Waals surface area contributed by atoms with Crippen LogP contribution in [0.25, 0.3) is 0 Å². The van der Waals surface area contributed by atoms with E-state index in [2.05, 4.69) is 9.80 Å². The number of amides is 1. The van der Waals surface area contributed by atoms with Crippen LogP contribution in [0.2, 0.25) is 0 Å². The van der Waals surface area contributed by atoms with Crippen LogP contribution >= 0.6 is 0 Å². The predicted octanol–water partition coefficient (Wildman–Crippen LogP) is -2.25. The van der Waals surface area contributed by atoms with Gasteiger partial charge in [-0.3, -0.25) is 9.69 Å². The Kier molecular flexibility index (Phi) is 5.15. The number of fused-ring (bicyclic) bond motifs is 6. The highest BCUT2D eigenvalue weighted by Crippen LogP contribution is 2.42. The van der Waals surface area contributed by atoms with Gasteiger partial charge in [0, 0.05) is 31.6 Å². The van der Waals surface area contributed by atoms with Crippen molar-refractivity contribution in [2.24, 2.45) is 11.8 Å². The fourth-order valence-corrected chi connectivity index (χ4v) is 5.10. The normalized spacial score (nSPS) is 37.4. The molecule has 132 valence electrons. The second-order valence-corrected chi connectivity index (χ2v) is 8.01. The van der Waals surface area contributed by atoms with Crippen LogP contribution in [0.15, 0.2) is 0 Å². The Labute approximate surface area is 138 Å². The Balaban J connectivity index is 0.000000276. The minimum atomic E-state index is -4.69. The van der Waals surface area contributed by atoms with E-state index in [9.17, 15) is 4.79 Å². The lowest BCUT2D eigenvalue weighted by Gasteiger charge is -2.56. The molecule has 0 aromatic carbocycles. The fourth-order valence-electron chi connectivity index (χ4n) is 5.10. The quantitative estimate of drug-likeness (QED) is 0.529. The highest BCUT2D eigenvalue weighted by molar-refractivity contribution is 5.77. The number of nitrogens with zero attached hydrogens (tertiary/aromatic N) is 2. The van der Waals surface area contributed by atoms with Crippen LogP contribution in [-0.4, -0.2) is 52.1 Å². The third kappa shape index (κ3) is 4.15. The Bertz CT molecular complexity index is 438. The molecule has 4 aliphatic rings. The number of carbonyl (C=O) groups is 1. The molecule has 4 atom stereocenters. The Morgan fingerprint density at radius 2 is 1.65 bits per heavy atom. The van der Waals surface area contributed by atoms with E-state index >= 15 is 0 Å². The molecule has 4 rings (SSSR count). The molecular weight excluding hydrogens is 324 g/mol. The first-order valence-corrected chi connectivity index (χ1v) is 9.76. The second kappa shape index (κ2) is 6.82. The van der Waals surface area contributed by atoms with Crippen molar-refractivity contribution < 1.29 is 33.7 Å². The topological polar surface area (TPSA) is 113 Å². The molecule has 0 aromatic rings. The molecule has 7 nitrogen and oxygen atoms in total. The maximum atomic E-state index is 12.1. The van der Waals surface area contributed by atoms with E-state index in [-0.39, 0.29) is 0 Å². The van der Waals surface area contributed by atoms with Gasteiger partial charge in [0.25, 0.3) is 0 Å². The molecule has 4 heterocycles. The maximum absolute atomic E-state index is 12.1. The Morgan fingerprint density at radius 1 is 1.00 bits per heavy atom. The zero-order valence-corrected chi connectivity index (χ0v) is 14.0. The molecule has 4 saturated heterocycles. The summed E-state index contributed by atoms with van der Waals surface area (Å²) in [6.45, 7) is 3.66. The molecule has 0 radical (unpaired) electrons. The lowest BCUT2D eigenvalue weighted by molar-refractivity contribution is -1.92. The summed E-state index contributed by atoms with van der Waals surface area (Å²) in [6, 6.07) is 1.39. The van der Waals surface area contributed by atoms with E-state index in [0.29, 0.717) is 11.9 Å². The molecule has 8 heteroatoms. The van der Waals surface area contributed by atoms with Gasteiger partial charge in [0.1, 0.15) is 0 Å². The predicted molar refractivity (Wildman–Crippen MR) is 72.4 cm³/mol. The van der Waals surface area contributed by atoms with Gasteiger partial charge in [-0.25, -0.2) is 0 Å². The summed E-state index contributed by atoms with van der Waals surface area (Å²) in [4.78, 5) is 17.2. The van der Waals surface area contributed by atoms with Crippen molar-refractivity contribution >= 4 is 5.91 Å². The first-order valence-electron chi connectivity index (χ1n) is 8.49. The van der Waals surface area contributed by atoms with E-state index in [1.54, 1.807) is 0 Å². The van der Waals surface area contributed by atoms with Crippen LogP contribution in [0.4, 0.5) is 0 Å². The average molecular weight is 349 g/mol. The van der Waals surface area contributed by atoms with Gasteiger partial charge in [0.2, 0.25) is 5.91 Å². The number of carbonyl (C=O) groups excluding carboxylic acids is 1.